The fraction of sp³-hybridized carbons (Fsp3) is 0.0588. The Bertz CT molecular complexity index is 1220. The second kappa shape index (κ2) is 6.92. The Morgan fingerprint density at radius 3 is 2.43 bits per heavy atom. The minimum atomic E-state index is -4.88. The molecule has 0 amide bonds. The molecular formula is C17H8F3N3O5. The van der Waals surface area contributed by atoms with Crippen molar-refractivity contribution in [2.75, 3.05) is 0 Å². The minimum absolute atomic E-state index is 0.0618. The first-order valence-corrected chi connectivity index (χ1v) is 7.46. The lowest BCUT2D eigenvalue weighted by atomic mass is 10.1. The van der Waals surface area contributed by atoms with E-state index in [-0.39, 0.29) is 10.5 Å². The van der Waals surface area contributed by atoms with Gasteiger partial charge in [-0.25, -0.2) is 4.79 Å². The average molecular weight is 391 g/mol. The zero-order chi connectivity index (χ0) is 20.5. The van der Waals surface area contributed by atoms with E-state index >= 15 is 0 Å². The van der Waals surface area contributed by atoms with Crippen LogP contribution in [-0.4, -0.2) is 15.9 Å². The van der Waals surface area contributed by atoms with Crippen molar-refractivity contribution in [2.45, 2.75) is 6.18 Å². The highest BCUT2D eigenvalue weighted by molar-refractivity contribution is 5.78. The Kier molecular flexibility index (Phi) is 4.62. The number of rotatable bonds is 2. The van der Waals surface area contributed by atoms with Crippen LogP contribution in [-0.2, 0) is 6.18 Å². The third-order valence-corrected chi connectivity index (χ3v) is 3.52. The van der Waals surface area contributed by atoms with Gasteiger partial charge in [0.1, 0.15) is 11.3 Å². The summed E-state index contributed by atoms with van der Waals surface area (Å²) in [5.41, 5.74) is -5.78. The molecule has 2 aromatic carbocycles. The molecule has 0 saturated heterocycles. The monoisotopic (exact) mass is 391 g/mol. The van der Waals surface area contributed by atoms with Crippen LogP contribution < -0.4 is 20.7 Å². The molecule has 11 heteroatoms. The molecule has 0 saturated carbocycles. The summed E-state index contributed by atoms with van der Waals surface area (Å²) in [6.45, 7) is 0. The maximum atomic E-state index is 13.1. The number of aromatic amines is 1. The molecule has 0 fully saturated rings. The van der Waals surface area contributed by atoms with Crippen molar-refractivity contribution in [1.29, 1.82) is 5.26 Å². The number of benzene rings is 2. The van der Waals surface area contributed by atoms with E-state index in [1.165, 1.54) is 18.2 Å². The van der Waals surface area contributed by atoms with Crippen LogP contribution in [0.1, 0.15) is 11.1 Å². The summed E-state index contributed by atoms with van der Waals surface area (Å²) in [4.78, 5) is 42.3. The van der Waals surface area contributed by atoms with E-state index < -0.39 is 45.6 Å². The van der Waals surface area contributed by atoms with E-state index in [9.17, 15) is 27.6 Å². The molecule has 0 aliphatic heterocycles. The van der Waals surface area contributed by atoms with Crippen LogP contribution in [0, 0.1) is 11.3 Å². The van der Waals surface area contributed by atoms with Crippen LogP contribution >= 0.6 is 0 Å². The molecule has 3 rings (SSSR count). The zero-order valence-corrected chi connectivity index (χ0v) is 13.6. The molecule has 142 valence electrons. The summed E-state index contributed by atoms with van der Waals surface area (Å²) < 4.78 is 44.2. The Labute approximate surface area is 152 Å². The van der Waals surface area contributed by atoms with Crippen molar-refractivity contribution >= 4 is 17.2 Å². The molecule has 8 nitrogen and oxygen atoms in total. The molecule has 1 aromatic heterocycles. The number of H-pyrrole nitrogens is 1. The third-order valence-electron chi connectivity index (χ3n) is 3.52. The van der Waals surface area contributed by atoms with E-state index in [4.69, 9.17) is 14.8 Å². The van der Waals surface area contributed by atoms with E-state index in [1.54, 1.807) is 18.2 Å². The zero-order valence-electron chi connectivity index (χ0n) is 13.6. The van der Waals surface area contributed by atoms with Gasteiger partial charge in [-0.3, -0.25) is 14.4 Å². The molecule has 0 bridgehead atoms. The fourth-order valence-corrected chi connectivity index (χ4v) is 2.33. The number of fused-ring (bicyclic) bond motifs is 1. The van der Waals surface area contributed by atoms with E-state index in [0.29, 0.717) is 12.1 Å². The number of hydrogen-bond acceptors (Lipinski definition) is 6. The Morgan fingerprint density at radius 1 is 1.14 bits per heavy atom. The SMILES string of the molecule is N#Cc1cc2c(cc1C(F)(F)F)[nH]c(=O)c(=O)n2OC(=O)Oc1ccccc1. The van der Waals surface area contributed by atoms with E-state index in [0.717, 1.165) is 0 Å². The van der Waals surface area contributed by atoms with Crippen LogP contribution in [0.5, 0.6) is 5.75 Å². The van der Waals surface area contributed by atoms with Crippen molar-refractivity contribution < 1.29 is 27.5 Å². The van der Waals surface area contributed by atoms with Crippen LogP contribution in [0.25, 0.3) is 11.0 Å². The summed E-state index contributed by atoms with van der Waals surface area (Å²) in [7, 11) is 0. The van der Waals surface area contributed by atoms with Crippen molar-refractivity contribution in [3.05, 3.63) is 74.3 Å². The first kappa shape index (κ1) is 18.7. The van der Waals surface area contributed by atoms with Crippen molar-refractivity contribution in [3.63, 3.8) is 0 Å². The molecule has 28 heavy (non-hydrogen) atoms. The number of carbonyl (C=O) groups is 1. The summed E-state index contributed by atoms with van der Waals surface area (Å²) >= 11 is 0. The average Bonchev–Trinajstić information content (AvgIpc) is 2.64. The molecule has 0 spiro atoms. The highest BCUT2D eigenvalue weighted by Gasteiger charge is 2.34. The molecular weight excluding hydrogens is 383 g/mol. The maximum Gasteiger partial charge on any atom is 0.539 e. The van der Waals surface area contributed by atoms with Gasteiger partial charge in [0.25, 0.3) is 0 Å². The van der Waals surface area contributed by atoms with E-state index in [1.807, 2.05) is 4.98 Å². The summed E-state index contributed by atoms with van der Waals surface area (Å²) in [6.07, 6.45) is -6.30. The van der Waals surface area contributed by atoms with Gasteiger partial charge in [0.2, 0.25) is 0 Å². The standard InChI is InChI=1S/C17H8F3N3O5/c18-17(19,20)11-7-12-13(6-9(11)8-21)23(15(25)14(24)22-12)28-16(26)27-10-4-2-1-3-5-10/h1-7H,(H,22,24). The predicted octanol–water partition coefficient (Wildman–Crippen LogP) is 2.21. The van der Waals surface area contributed by atoms with Gasteiger partial charge in [-0.1, -0.05) is 18.2 Å². The quantitative estimate of drug-likeness (QED) is 0.407. The number of nitrogens with zero attached hydrogens (tertiary/aromatic N) is 2. The lowest BCUT2D eigenvalue weighted by Gasteiger charge is -2.13. The first-order chi connectivity index (χ1) is 13.2. The van der Waals surface area contributed by atoms with Crippen LogP contribution in [0.3, 0.4) is 0 Å². The predicted molar refractivity (Wildman–Crippen MR) is 87.6 cm³/mol. The second-order valence-corrected chi connectivity index (χ2v) is 5.33. The lowest BCUT2D eigenvalue weighted by molar-refractivity contribution is -0.137. The molecule has 0 aliphatic carbocycles. The molecule has 1 heterocycles. The van der Waals surface area contributed by atoms with Gasteiger partial charge in [-0.05, 0) is 24.3 Å². The van der Waals surface area contributed by atoms with Gasteiger partial charge >= 0.3 is 23.5 Å². The number of nitriles is 1. The van der Waals surface area contributed by atoms with Crippen molar-refractivity contribution in [2.24, 2.45) is 0 Å². The van der Waals surface area contributed by atoms with Crippen LogP contribution in [0.2, 0.25) is 0 Å². The Balaban J connectivity index is 2.12. The normalized spacial score (nSPS) is 11.1. The number of halogens is 3. The highest BCUT2D eigenvalue weighted by Crippen LogP contribution is 2.33. The van der Waals surface area contributed by atoms with Gasteiger partial charge in [-0.2, -0.15) is 18.4 Å². The Morgan fingerprint density at radius 2 is 1.82 bits per heavy atom. The smallest absolute Gasteiger partial charge is 0.393 e. The van der Waals surface area contributed by atoms with Crippen LogP contribution in [0.4, 0.5) is 18.0 Å². The number of ether oxygens (including phenoxy) is 1. The second-order valence-electron chi connectivity index (χ2n) is 5.33. The molecule has 3 aromatic rings. The molecule has 1 N–H and O–H groups in total. The van der Waals surface area contributed by atoms with Gasteiger partial charge in [0, 0.05) is 0 Å². The largest absolute Gasteiger partial charge is 0.539 e. The van der Waals surface area contributed by atoms with Crippen molar-refractivity contribution in [1.82, 2.24) is 9.71 Å². The lowest BCUT2D eigenvalue weighted by Crippen LogP contribution is -2.42. The molecule has 0 aliphatic rings. The number of para-hydroxylation sites is 1. The molecule has 0 radical (unpaired) electrons. The number of carbonyl (C=O) groups excluding carboxylic acids is 1. The fourth-order valence-electron chi connectivity index (χ4n) is 2.33. The van der Waals surface area contributed by atoms with Crippen molar-refractivity contribution in [3.8, 4) is 11.8 Å². The number of alkyl halides is 3. The maximum absolute atomic E-state index is 13.1. The van der Waals surface area contributed by atoms with Gasteiger partial charge in [0.15, 0.2) is 0 Å². The first-order valence-electron chi connectivity index (χ1n) is 7.46. The third kappa shape index (κ3) is 3.56. The molecule has 0 unspecified atom stereocenters. The number of hydrogen-bond donors (Lipinski definition) is 1. The summed E-state index contributed by atoms with van der Waals surface area (Å²) in [5, 5.41) is 8.99. The van der Waals surface area contributed by atoms with Gasteiger partial charge in [-0.15, -0.1) is 4.73 Å². The van der Waals surface area contributed by atoms with E-state index in [2.05, 4.69) is 0 Å². The molecule has 0 atom stereocenters. The van der Waals surface area contributed by atoms with Gasteiger partial charge in [0.05, 0.1) is 22.7 Å². The van der Waals surface area contributed by atoms with Crippen LogP contribution in [0.15, 0.2) is 52.1 Å². The highest BCUT2D eigenvalue weighted by atomic mass is 19.4. The Hall–Kier alpha value is -4.07. The van der Waals surface area contributed by atoms with Gasteiger partial charge < -0.3 is 9.72 Å². The summed E-state index contributed by atoms with van der Waals surface area (Å²) in [6, 6.07) is 10.1. The minimum Gasteiger partial charge on any atom is -0.393 e. The number of aromatic nitrogens is 2. The summed E-state index contributed by atoms with van der Waals surface area (Å²) in [5.74, 6) is 0.0618. The topological polar surface area (TPSA) is 114 Å². The number of nitrogens with one attached hydrogen (secondary N) is 1.